The molecule has 3 nitrogen and oxygen atoms in total. The fraction of sp³-hybridized carbons (Fsp3) is 1.00. The molecular formula is C8H16N2O. The molecule has 2 atom stereocenters. The van der Waals surface area contributed by atoms with Crippen LogP contribution < -0.4 is 5.48 Å². The second-order valence-electron chi connectivity index (χ2n) is 3.46. The van der Waals surface area contributed by atoms with Crippen LogP contribution in [0.5, 0.6) is 0 Å². The van der Waals surface area contributed by atoms with Crippen LogP contribution >= 0.6 is 0 Å². The molecule has 0 aromatic rings. The van der Waals surface area contributed by atoms with Crippen molar-refractivity contribution in [1.29, 1.82) is 0 Å². The van der Waals surface area contributed by atoms with Crippen molar-refractivity contribution in [2.45, 2.75) is 31.3 Å². The smallest absolute Gasteiger partial charge is 0.0572 e. The molecular weight excluding hydrogens is 140 g/mol. The third-order valence-corrected chi connectivity index (χ3v) is 2.88. The molecule has 0 aromatic heterocycles. The van der Waals surface area contributed by atoms with Gasteiger partial charge in [0.25, 0.3) is 0 Å². The lowest BCUT2D eigenvalue weighted by Gasteiger charge is -2.19. The van der Waals surface area contributed by atoms with Crippen LogP contribution in [-0.4, -0.2) is 37.2 Å². The van der Waals surface area contributed by atoms with Gasteiger partial charge in [-0.3, -0.25) is 4.90 Å². The van der Waals surface area contributed by atoms with Gasteiger partial charge in [-0.1, -0.05) is 0 Å². The predicted octanol–water partition coefficient (Wildman–Crippen LogP) is 0.374. The maximum atomic E-state index is 4.96. The molecule has 0 spiro atoms. The zero-order chi connectivity index (χ0) is 7.68. The monoisotopic (exact) mass is 156 g/mol. The molecule has 2 unspecified atom stereocenters. The number of rotatable bonds is 2. The van der Waals surface area contributed by atoms with Crippen LogP contribution in [-0.2, 0) is 4.84 Å². The first kappa shape index (κ1) is 7.53. The Morgan fingerprint density at radius 1 is 1.36 bits per heavy atom. The quantitative estimate of drug-likeness (QED) is 0.585. The second kappa shape index (κ2) is 3.09. The highest BCUT2D eigenvalue weighted by atomic mass is 16.6. The lowest BCUT2D eigenvalue weighted by Crippen LogP contribution is -2.38. The first-order valence-electron chi connectivity index (χ1n) is 4.44. The summed E-state index contributed by atoms with van der Waals surface area (Å²) in [5.41, 5.74) is 3.07. The summed E-state index contributed by atoms with van der Waals surface area (Å²) in [6.45, 7) is 2.55. The van der Waals surface area contributed by atoms with Gasteiger partial charge in [0.15, 0.2) is 0 Å². The fourth-order valence-electron chi connectivity index (χ4n) is 2.37. The number of hydroxylamine groups is 1. The molecule has 64 valence electrons. The van der Waals surface area contributed by atoms with E-state index in [1.54, 1.807) is 7.11 Å². The van der Waals surface area contributed by atoms with Crippen molar-refractivity contribution in [2.24, 2.45) is 0 Å². The van der Waals surface area contributed by atoms with E-state index in [4.69, 9.17) is 4.84 Å². The Labute approximate surface area is 67.7 Å². The van der Waals surface area contributed by atoms with Crippen molar-refractivity contribution in [3.8, 4) is 0 Å². The third kappa shape index (κ3) is 1.28. The molecule has 0 aromatic carbocycles. The second-order valence-corrected chi connectivity index (χ2v) is 3.46. The Morgan fingerprint density at radius 3 is 3.09 bits per heavy atom. The van der Waals surface area contributed by atoms with E-state index in [0.717, 1.165) is 6.04 Å². The van der Waals surface area contributed by atoms with Crippen molar-refractivity contribution < 1.29 is 4.84 Å². The van der Waals surface area contributed by atoms with Crippen LogP contribution in [0.1, 0.15) is 19.3 Å². The number of nitrogens with zero attached hydrogens (tertiary/aromatic N) is 1. The Hall–Kier alpha value is -0.120. The molecule has 0 radical (unpaired) electrons. The van der Waals surface area contributed by atoms with Crippen LogP contribution in [0, 0.1) is 0 Å². The van der Waals surface area contributed by atoms with Gasteiger partial charge in [-0.15, -0.1) is 0 Å². The van der Waals surface area contributed by atoms with Gasteiger partial charge in [0.2, 0.25) is 0 Å². The summed E-state index contributed by atoms with van der Waals surface area (Å²) < 4.78 is 0. The molecule has 2 aliphatic rings. The van der Waals surface area contributed by atoms with Crippen LogP contribution in [0.2, 0.25) is 0 Å². The number of hydrogen-bond donors (Lipinski definition) is 1. The summed E-state index contributed by atoms with van der Waals surface area (Å²) in [6, 6.07) is 1.34. The van der Waals surface area contributed by atoms with Gasteiger partial charge in [0.1, 0.15) is 0 Å². The van der Waals surface area contributed by atoms with Crippen molar-refractivity contribution in [2.75, 3.05) is 20.2 Å². The van der Waals surface area contributed by atoms with E-state index in [2.05, 4.69) is 10.4 Å². The highest BCUT2D eigenvalue weighted by Gasteiger charge is 2.36. The van der Waals surface area contributed by atoms with Gasteiger partial charge in [0.05, 0.1) is 7.11 Å². The summed E-state index contributed by atoms with van der Waals surface area (Å²) >= 11 is 0. The molecule has 2 saturated heterocycles. The summed E-state index contributed by atoms with van der Waals surface area (Å²) in [4.78, 5) is 7.52. The van der Waals surface area contributed by atoms with E-state index in [1.807, 2.05) is 0 Å². The van der Waals surface area contributed by atoms with Gasteiger partial charge in [-0.05, 0) is 25.8 Å². The SMILES string of the molecule is CONC1CCN2CCCC12. The Morgan fingerprint density at radius 2 is 2.27 bits per heavy atom. The lowest BCUT2D eigenvalue weighted by atomic mass is 10.1. The molecule has 2 fully saturated rings. The van der Waals surface area contributed by atoms with Crippen LogP contribution in [0.3, 0.4) is 0 Å². The van der Waals surface area contributed by atoms with E-state index < -0.39 is 0 Å². The van der Waals surface area contributed by atoms with Crippen LogP contribution in [0.25, 0.3) is 0 Å². The Balaban J connectivity index is 1.92. The van der Waals surface area contributed by atoms with Gasteiger partial charge in [-0.2, -0.15) is 5.48 Å². The minimum Gasteiger partial charge on any atom is -0.305 e. The molecule has 0 amide bonds. The summed E-state index contributed by atoms with van der Waals surface area (Å²) in [5.74, 6) is 0. The minimum absolute atomic E-state index is 0.586. The van der Waals surface area contributed by atoms with E-state index in [9.17, 15) is 0 Å². The molecule has 2 aliphatic heterocycles. The lowest BCUT2D eigenvalue weighted by molar-refractivity contribution is 0.0520. The van der Waals surface area contributed by atoms with Gasteiger partial charge in [-0.25, -0.2) is 0 Å². The number of fused-ring (bicyclic) bond motifs is 1. The Bertz CT molecular complexity index is 138. The van der Waals surface area contributed by atoms with E-state index in [-0.39, 0.29) is 0 Å². The zero-order valence-electron chi connectivity index (χ0n) is 7.05. The number of hydrogen-bond acceptors (Lipinski definition) is 3. The standard InChI is InChI=1S/C8H16N2O/c1-11-9-7-4-6-10-5-2-3-8(7)10/h7-9H,2-6H2,1H3. The first-order chi connectivity index (χ1) is 5.42. The normalized spacial score (nSPS) is 37.9. The third-order valence-electron chi connectivity index (χ3n) is 2.88. The molecule has 0 bridgehead atoms. The average Bonchev–Trinajstić information content (AvgIpc) is 2.53. The molecule has 3 heteroatoms. The van der Waals surface area contributed by atoms with Crippen molar-refractivity contribution in [1.82, 2.24) is 10.4 Å². The fourth-order valence-corrected chi connectivity index (χ4v) is 2.37. The van der Waals surface area contributed by atoms with E-state index >= 15 is 0 Å². The topological polar surface area (TPSA) is 24.5 Å². The summed E-state index contributed by atoms with van der Waals surface area (Å²) in [5, 5.41) is 0. The number of nitrogens with one attached hydrogen (secondary N) is 1. The van der Waals surface area contributed by atoms with Crippen LogP contribution in [0.4, 0.5) is 0 Å². The molecule has 0 aliphatic carbocycles. The molecule has 1 N–H and O–H groups in total. The molecule has 2 rings (SSSR count). The largest absolute Gasteiger partial charge is 0.305 e. The summed E-state index contributed by atoms with van der Waals surface area (Å²) in [7, 11) is 1.71. The highest BCUT2D eigenvalue weighted by molar-refractivity contribution is 4.94. The van der Waals surface area contributed by atoms with Crippen molar-refractivity contribution in [3.05, 3.63) is 0 Å². The van der Waals surface area contributed by atoms with E-state index in [1.165, 1.54) is 32.4 Å². The minimum atomic E-state index is 0.586. The predicted molar refractivity (Wildman–Crippen MR) is 43.1 cm³/mol. The van der Waals surface area contributed by atoms with E-state index in [0.29, 0.717) is 6.04 Å². The van der Waals surface area contributed by atoms with Crippen LogP contribution in [0.15, 0.2) is 0 Å². The maximum absolute atomic E-state index is 4.96. The molecule has 2 heterocycles. The zero-order valence-corrected chi connectivity index (χ0v) is 7.05. The van der Waals surface area contributed by atoms with Crippen molar-refractivity contribution in [3.63, 3.8) is 0 Å². The Kier molecular flexibility index (Phi) is 2.11. The van der Waals surface area contributed by atoms with Gasteiger partial charge < -0.3 is 4.84 Å². The van der Waals surface area contributed by atoms with Gasteiger partial charge in [0, 0.05) is 18.6 Å². The summed E-state index contributed by atoms with van der Waals surface area (Å²) in [6.07, 6.45) is 3.96. The average molecular weight is 156 g/mol. The highest BCUT2D eigenvalue weighted by Crippen LogP contribution is 2.27. The van der Waals surface area contributed by atoms with Gasteiger partial charge >= 0.3 is 0 Å². The van der Waals surface area contributed by atoms with Crippen molar-refractivity contribution >= 4 is 0 Å². The molecule has 11 heavy (non-hydrogen) atoms. The first-order valence-corrected chi connectivity index (χ1v) is 4.44. The maximum Gasteiger partial charge on any atom is 0.0572 e. The molecule has 0 saturated carbocycles.